The summed E-state index contributed by atoms with van der Waals surface area (Å²) < 4.78 is 25.8. The molecule has 2 heteroatoms. The van der Waals surface area contributed by atoms with Gasteiger partial charge in [0.1, 0.15) is 0 Å². The first-order valence-corrected chi connectivity index (χ1v) is 4.30. The third kappa shape index (κ3) is 1.91. The van der Waals surface area contributed by atoms with E-state index in [2.05, 4.69) is 6.92 Å². The van der Waals surface area contributed by atoms with Crippen molar-refractivity contribution in [1.82, 2.24) is 0 Å². The molecule has 0 amide bonds. The second kappa shape index (κ2) is 2.72. The number of alkyl halides is 2. The maximum absolute atomic E-state index is 12.9. The molecule has 0 heterocycles. The van der Waals surface area contributed by atoms with Gasteiger partial charge in [0.05, 0.1) is 0 Å². The van der Waals surface area contributed by atoms with E-state index in [9.17, 15) is 8.78 Å². The van der Waals surface area contributed by atoms with Gasteiger partial charge in [-0.15, -0.1) is 0 Å². The Bertz CT molecular complexity index is 128. The maximum Gasteiger partial charge on any atom is 0.248 e. The highest BCUT2D eigenvalue weighted by Gasteiger charge is 2.41. The molecule has 2 unspecified atom stereocenters. The summed E-state index contributed by atoms with van der Waals surface area (Å²) in [5, 5.41) is 0. The van der Waals surface area contributed by atoms with Crippen molar-refractivity contribution in [2.24, 2.45) is 17.8 Å². The molecule has 1 saturated carbocycles. The zero-order valence-corrected chi connectivity index (χ0v) is 7.40. The third-order valence-corrected chi connectivity index (χ3v) is 3.04. The molecule has 1 aliphatic rings. The SMILES string of the molecule is CC1CC(F)(F)CC(C)C1C. The Morgan fingerprint density at radius 3 is 1.73 bits per heavy atom. The summed E-state index contributed by atoms with van der Waals surface area (Å²) in [4.78, 5) is 0. The molecule has 1 rings (SSSR count). The predicted octanol–water partition coefficient (Wildman–Crippen LogP) is 3.32. The highest BCUT2D eigenvalue weighted by molar-refractivity contribution is 4.84. The van der Waals surface area contributed by atoms with Crippen LogP contribution in [-0.4, -0.2) is 5.92 Å². The van der Waals surface area contributed by atoms with Crippen LogP contribution in [0.2, 0.25) is 0 Å². The van der Waals surface area contributed by atoms with Gasteiger partial charge in [-0.3, -0.25) is 0 Å². The van der Waals surface area contributed by atoms with E-state index in [-0.39, 0.29) is 24.7 Å². The van der Waals surface area contributed by atoms with E-state index < -0.39 is 5.92 Å². The van der Waals surface area contributed by atoms with Crippen molar-refractivity contribution in [2.75, 3.05) is 0 Å². The van der Waals surface area contributed by atoms with Crippen LogP contribution in [-0.2, 0) is 0 Å². The average molecular weight is 162 g/mol. The molecule has 0 N–H and O–H groups in total. The predicted molar refractivity (Wildman–Crippen MR) is 41.7 cm³/mol. The summed E-state index contributed by atoms with van der Waals surface area (Å²) >= 11 is 0. The van der Waals surface area contributed by atoms with E-state index in [1.807, 2.05) is 13.8 Å². The van der Waals surface area contributed by atoms with Gasteiger partial charge in [0.15, 0.2) is 0 Å². The number of hydrogen-bond donors (Lipinski definition) is 0. The van der Waals surface area contributed by atoms with Crippen molar-refractivity contribution >= 4 is 0 Å². The molecule has 0 aromatic rings. The Hall–Kier alpha value is -0.140. The lowest BCUT2D eigenvalue weighted by Gasteiger charge is -2.36. The molecule has 0 aromatic heterocycles. The molecule has 66 valence electrons. The van der Waals surface area contributed by atoms with Gasteiger partial charge < -0.3 is 0 Å². The first-order chi connectivity index (χ1) is 4.92. The van der Waals surface area contributed by atoms with Crippen molar-refractivity contribution in [3.05, 3.63) is 0 Å². The summed E-state index contributed by atoms with van der Waals surface area (Å²) in [6.07, 6.45) is 0.164. The Morgan fingerprint density at radius 2 is 1.36 bits per heavy atom. The van der Waals surface area contributed by atoms with Gasteiger partial charge in [-0.2, -0.15) is 0 Å². The van der Waals surface area contributed by atoms with E-state index in [1.54, 1.807) is 0 Å². The summed E-state index contributed by atoms with van der Waals surface area (Å²) in [6, 6.07) is 0. The Kier molecular flexibility index (Phi) is 2.22. The molecular formula is C9H16F2. The molecule has 0 aliphatic heterocycles. The van der Waals surface area contributed by atoms with Crippen molar-refractivity contribution in [2.45, 2.75) is 39.5 Å². The monoisotopic (exact) mass is 162 g/mol. The Balaban J connectivity index is 2.62. The quantitative estimate of drug-likeness (QED) is 0.512. The molecule has 0 bridgehead atoms. The van der Waals surface area contributed by atoms with Crippen molar-refractivity contribution in [1.29, 1.82) is 0 Å². The molecule has 1 fully saturated rings. The largest absolute Gasteiger partial charge is 0.248 e. The van der Waals surface area contributed by atoms with Gasteiger partial charge in [0.2, 0.25) is 5.92 Å². The Morgan fingerprint density at radius 1 is 1.00 bits per heavy atom. The highest BCUT2D eigenvalue weighted by Crippen LogP contribution is 2.42. The van der Waals surface area contributed by atoms with Crippen molar-refractivity contribution in [3.63, 3.8) is 0 Å². The molecule has 0 radical (unpaired) electrons. The minimum atomic E-state index is -2.40. The summed E-state index contributed by atoms with van der Waals surface area (Å²) in [5.41, 5.74) is 0. The molecule has 0 saturated heterocycles. The Labute approximate surface area is 67.0 Å². The third-order valence-electron chi connectivity index (χ3n) is 3.04. The van der Waals surface area contributed by atoms with E-state index >= 15 is 0 Å². The molecule has 0 aromatic carbocycles. The molecule has 2 atom stereocenters. The second-order valence-electron chi connectivity index (χ2n) is 4.08. The number of hydrogen-bond acceptors (Lipinski definition) is 0. The maximum atomic E-state index is 12.9. The van der Waals surface area contributed by atoms with Crippen LogP contribution in [0.15, 0.2) is 0 Å². The van der Waals surface area contributed by atoms with Crippen LogP contribution in [0.4, 0.5) is 8.78 Å². The van der Waals surface area contributed by atoms with Crippen LogP contribution in [0, 0.1) is 17.8 Å². The lowest BCUT2D eigenvalue weighted by Crippen LogP contribution is -2.35. The van der Waals surface area contributed by atoms with Gasteiger partial charge in [0, 0.05) is 12.8 Å². The summed E-state index contributed by atoms with van der Waals surface area (Å²) in [5.74, 6) is -1.59. The second-order valence-corrected chi connectivity index (χ2v) is 4.08. The zero-order valence-electron chi connectivity index (χ0n) is 7.40. The highest BCUT2D eigenvalue weighted by atomic mass is 19.3. The van der Waals surface area contributed by atoms with Crippen LogP contribution in [0.3, 0.4) is 0 Å². The van der Waals surface area contributed by atoms with E-state index in [4.69, 9.17) is 0 Å². The van der Waals surface area contributed by atoms with E-state index in [0.29, 0.717) is 5.92 Å². The van der Waals surface area contributed by atoms with Gasteiger partial charge >= 0.3 is 0 Å². The van der Waals surface area contributed by atoms with Gasteiger partial charge in [-0.1, -0.05) is 20.8 Å². The number of rotatable bonds is 0. The summed E-state index contributed by atoms with van der Waals surface area (Å²) in [6.45, 7) is 5.92. The topological polar surface area (TPSA) is 0 Å². The molecular weight excluding hydrogens is 146 g/mol. The minimum absolute atomic E-state index is 0.0819. The lowest BCUT2D eigenvalue weighted by atomic mass is 9.73. The normalized spacial score (nSPS) is 43.9. The smallest absolute Gasteiger partial charge is 0.207 e. The van der Waals surface area contributed by atoms with Crippen molar-refractivity contribution < 1.29 is 8.78 Å². The first kappa shape index (κ1) is 8.95. The molecule has 0 nitrogen and oxygen atoms in total. The standard InChI is InChI=1S/C9H16F2/c1-6-4-9(10,11)5-7(2)8(6)3/h6-8H,4-5H2,1-3H3. The van der Waals surface area contributed by atoms with E-state index in [0.717, 1.165) is 0 Å². The fourth-order valence-corrected chi connectivity index (χ4v) is 1.96. The molecule has 0 spiro atoms. The van der Waals surface area contributed by atoms with Crippen LogP contribution < -0.4 is 0 Å². The fraction of sp³-hybridized carbons (Fsp3) is 1.00. The zero-order chi connectivity index (χ0) is 8.65. The first-order valence-electron chi connectivity index (χ1n) is 4.30. The number of halogens is 2. The fourth-order valence-electron chi connectivity index (χ4n) is 1.96. The molecule has 11 heavy (non-hydrogen) atoms. The van der Waals surface area contributed by atoms with Gasteiger partial charge in [-0.25, -0.2) is 8.78 Å². The average Bonchev–Trinajstić information content (AvgIpc) is 1.81. The van der Waals surface area contributed by atoms with Crippen LogP contribution in [0.1, 0.15) is 33.6 Å². The van der Waals surface area contributed by atoms with Crippen LogP contribution in [0.25, 0.3) is 0 Å². The van der Waals surface area contributed by atoms with Gasteiger partial charge in [0.25, 0.3) is 0 Å². The lowest BCUT2D eigenvalue weighted by molar-refractivity contribution is -0.0841. The van der Waals surface area contributed by atoms with Gasteiger partial charge in [-0.05, 0) is 17.8 Å². The van der Waals surface area contributed by atoms with Crippen molar-refractivity contribution in [3.8, 4) is 0 Å². The summed E-state index contributed by atoms with van der Waals surface area (Å²) in [7, 11) is 0. The minimum Gasteiger partial charge on any atom is -0.207 e. The van der Waals surface area contributed by atoms with Crippen LogP contribution >= 0.6 is 0 Å². The molecule has 1 aliphatic carbocycles. The van der Waals surface area contributed by atoms with Crippen LogP contribution in [0.5, 0.6) is 0 Å². The van der Waals surface area contributed by atoms with E-state index in [1.165, 1.54) is 0 Å².